The Labute approximate surface area is 120 Å². The zero-order chi connectivity index (χ0) is 14.7. The van der Waals surface area contributed by atoms with Crippen molar-refractivity contribution in [2.24, 2.45) is 0 Å². The molecule has 104 valence electrons. The zero-order valence-electron chi connectivity index (χ0n) is 11.3. The second-order valence-electron chi connectivity index (χ2n) is 4.28. The quantitative estimate of drug-likeness (QED) is 0.796. The molecule has 0 radical (unpaired) electrons. The molecule has 2 heterocycles. The molecule has 1 N–H and O–H groups in total. The van der Waals surface area contributed by atoms with Crippen LogP contribution >= 0.6 is 0 Å². The van der Waals surface area contributed by atoms with Crippen LogP contribution in [0.5, 0.6) is 5.75 Å². The minimum absolute atomic E-state index is 0.278. The first-order valence-corrected chi connectivity index (χ1v) is 6.29. The predicted molar refractivity (Wildman–Crippen MR) is 78.3 cm³/mol. The number of methoxy groups -OCH3 is 1. The summed E-state index contributed by atoms with van der Waals surface area (Å²) in [4.78, 5) is 24.6. The van der Waals surface area contributed by atoms with Crippen molar-refractivity contribution in [2.45, 2.75) is 0 Å². The van der Waals surface area contributed by atoms with Gasteiger partial charge in [0.15, 0.2) is 5.65 Å². The van der Waals surface area contributed by atoms with Crippen LogP contribution in [0.4, 0.5) is 5.69 Å². The Morgan fingerprint density at radius 2 is 1.95 bits per heavy atom. The highest BCUT2D eigenvalue weighted by molar-refractivity contribution is 6.06. The summed E-state index contributed by atoms with van der Waals surface area (Å²) in [6, 6.07) is 8.86. The number of hydrogen-bond acceptors (Lipinski definition) is 5. The number of aromatic nitrogens is 3. The summed E-state index contributed by atoms with van der Waals surface area (Å²) in [5.41, 5.74) is 2.09. The number of benzene rings is 1. The second-order valence-corrected chi connectivity index (χ2v) is 4.28. The molecule has 1 aromatic carbocycles. The average Bonchev–Trinajstić information content (AvgIpc) is 2.55. The van der Waals surface area contributed by atoms with Gasteiger partial charge in [0.1, 0.15) is 11.3 Å². The van der Waals surface area contributed by atoms with Crippen LogP contribution in [0.1, 0.15) is 10.4 Å². The van der Waals surface area contributed by atoms with Crippen molar-refractivity contribution in [1.82, 2.24) is 15.0 Å². The van der Waals surface area contributed by atoms with Crippen molar-refractivity contribution in [2.75, 3.05) is 12.4 Å². The van der Waals surface area contributed by atoms with E-state index in [0.717, 1.165) is 0 Å². The van der Waals surface area contributed by atoms with E-state index < -0.39 is 0 Å². The Hall–Kier alpha value is -3.02. The van der Waals surface area contributed by atoms with E-state index in [0.29, 0.717) is 28.2 Å². The summed E-state index contributed by atoms with van der Waals surface area (Å²) in [6.45, 7) is 0. The van der Waals surface area contributed by atoms with Gasteiger partial charge in [0, 0.05) is 18.6 Å². The number of nitrogens with zero attached hydrogens (tertiary/aromatic N) is 3. The Bertz CT molecular complexity index is 804. The third kappa shape index (κ3) is 2.64. The van der Waals surface area contributed by atoms with Crippen LogP contribution in [0.2, 0.25) is 0 Å². The first-order chi connectivity index (χ1) is 10.3. The third-order valence-electron chi connectivity index (χ3n) is 2.94. The molecule has 2 aromatic heterocycles. The lowest BCUT2D eigenvalue weighted by Crippen LogP contribution is -2.13. The molecule has 21 heavy (non-hydrogen) atoms. The van der Waals surface area contributed by atoms with E-state index >= 15 is 0 Å². The fraction of sp³-hybridized carbons (Fsp3) is 0.0667. The molecule has 0 saturated carbocycles. The number of amides is 1. The van der Waals surface area contributed by atoms with Crippen molar-refractivity contribution < 1.29 is 9.53 Å². The molecule has 3 aromatic rings. The normalized spacial score (nSPS) is 10.3. The van der Waals surface area contributed by atoms with Crippen LogP contribution in [0, 0.1) is 0 Å². The Balaban J connectivity index is 1.90. The number of pyridine rings is 1. The molecule has 6 heteroatoms. The van der Waals surface area contributed by atoms with Crippen molar-refractivity contribution in [3.63, 3.8) is 0 Å². The molecule has 0 aliphatic heterocycles. The van der Waals surface area contributed by atoms with E-state index in [2.05, 4.69) is 20.3 Å². The minimum Gasteiger partial charge on any atom is -0.495 e. The summed E-state index contributed by atoms with van der Waals surface area (Å²) in [5, 5.41) is 2.79. The summed E-state index contributed by atoms with van der Waals surface area (Å²) >= 11 is 0. The average molecular weight is 280 g/mol. The van der Waals surface area contributed by atoms with Crippen LogP contribution in [0.15, 0.2) is 48.9 Å². The Kier molecular flexibility index (Phi) is 3.42. The number of hydrogen-bond donors (Lipinski definition) is 1. The van der Waals surface area contributed by atoms with E-state index in [1.165, 1.54) is 6.20 Å². The van der Waals surface area contributed by atoms with E-state index in [1.807, 2.05) is 12.1 Å². The molecule has 1 amide bonds. The van der Waals surface area contributed by atoms with Crippen molar-refractivity contribution in [3.05, 3.63) is 54.5 Å². The third-order valence-corrected chi connectivity index (χ3v) is 2.94. The summed E-state index contributed by atoms with van der Waals surface area (Å²) in [5.74, 6) is 0.318. The number of carbonyl (C=O) groups is 1. The molecule has 6 nitrogen and oxygen atoms in total. The highest BCUT2D eigenvalue weighted by atomic mass is 16.5. The molecule has 0 fully saturated rings. The van der Waals surface area contributed by atoms with Gasteiger partial charge in [-0.2, -0.15) is 0 Å². The van der Waals surface area contributed by atoms with Gasteiger partial charge in [-0.1, -0.05) is 12.1 Å². The first kappa shape index (κ1) is 13.0. The van der Waals surface area contributed by atoms with Gasteiger partial charge in [0.2, 0.25) is 0 Å². The smallest absolute Gasteiger partial charge is 0.257 e. The van der Waals surface area contributed by atoms with E-state index in [9.17, 15) is 4.79 Å². The van der Waals surface area contributed by atoms with Gasteiger partial charge in [-0.15, -0.1) is 0 Å². The van der Waals surface area contributed by atoms with Gasteiger partial charge in [-0.25, -0.2) is 9.97 Å². The molecule has 0 aliphatic carbocycles. The number of ether oxygens (including phenoxy) is 1. The number of nitrogens with one attached hydrogen (secondary N) is 1. The zero-order valence-corrected chi connectivity index (χ0v) is 11.3. The van der Waals surface area contributed by atoms with Gasteiger partial charge < -0.3 is 10.1 Å². The maximum atomic E-state index is 12.3. The minimum atomic E-state index is -0.278. The van der Waals surface area contributed by atoms with Crippen LogP contribution in [-0.4, -0.2) is 28.0 Å². The van der Waals surface area contributed by atoms with Gasteiger partial charge in [-0.3, -0.25) is 9.78 Å². The lowest BCUT2D eigenvalue weighted by Gasteiger charge is -2.09. The Morgan fingerprint density at radius 1 is 1.14 bits per heavy atom. The number of anilines is 1. The van der Waals surface area contributed by atoms with Crippen LogP contribution in [0.25, 0.3) is 11.2 Å². The number of para-hydroxylation sites is 2. The number of fused-ring (bicyclic) bond motifs is 1. The first-order valence-electron chi connectivity index (χ1n) is 6.29. The maximum Gasteiger partial charge on any atom is 0.257 e. The van der Waals surface area contributed by atoms with E-state index in [4.69, 9.17) is 4.74 Å². The topological polar surface area (TPSA) is 77.0 Å². The molecule has 0 atom stereocenters. The molecule has 3 rings (SSSR count). The molecular weight excluding hydrogens is 268 g/mol. The number of rotatable bonds is 3. The van der Waals surface area contributed by atoms with Crippen molar-refractivity contribution in [3.8, 4) is 5.75 Å². The second kappa shape index (κ2) is 5.54. The lowest BCUT2D eigenvalue weighted by atomic mass is 10.2. The molecule has 0 unspecified atom stereocenters. The number of carbonyl (C=O) groups excluding carboxylic acids is 1. The van der Waals surface area contributed by atoms with Gasteiger partial charge >= 0.3 is 0 Å². The molecule has 0 saturated heterocycles. The molecule has 0 spiro atoms. The van der Waals surface area contributed by atoms with Gasteiger partial charge in [0.25, 0.3) is 5.91 Å². The highest BCUT2D eigenvalue weighted by Gasteiger charge is 2.11. The fourth-order valence-corrected chi connectivity index (χ4v) is 1.92. The molecule has 0 bridgehead atoms. The van der Waals surface area contributed by atoms with Crippen LogP contribution in [-0.2, 0) is 0 Å². The van der Waals surface area contributed by atoms with Crippen LogP contribution in [0.3, 0.4) is 0 Å². The van der Waals surface area contributed by atoms with E-state index in [-0.39, 0.29) is 5.91 Å². The predicted octanol–water partition coefficient (Wildman–Crippen LogP) is 2.29. The summed E-state index contributed by atoms with van der Waals surface area (Å²) < 4.78 is 5.20. The highest BCUT2D eigenvalue weighted by Crippen LogP contribution is 2.23. The van der Waals surface area contributed by atoms with E-state index in [1.54, 1.807) is 37.7 Å². The summed E-state index contributed by atoms with van der Waals surface area (Å²) in [6.07, 6.45) is 4.59. The van der Waals surface area contributed by atoms with Crippen molar-refractivity contribution in [1.29, 1.82) is 0 Å². The standard InChI is InChI=1S/C15H12N4O2/c1-21-13-5-3-2-4-11(13)19-15(20)10-8-12-14(18-9-10)17-7-6-16-12/h2-9H,1H3,(H,19,20). The lowest BCUT2D eigenvalue weighted by molar-refractivity contribution is 0.102. The Morgan fingerprint density at radius 3 is 2.81 bits per heavy atom. The molecule has 0 aliphatic rings. The summed E-state index contributed by atoms with van der Waals surface area (Å²) in [7, 11) is 1.55. The van der Waals surface area contributed by atoms with Crippen molar-refractivity contribution >= 4 is 22.8 Å². The SMILES string of the molecule is COc1ccccc1NC(=O)c1cnc2nccnc2c1. The van der Waals surface area contributed by atoms with Crippen LogP contribution < -0.4 is 10.1 Å². The molecular formula is C15H12N4O2. The maximum absolute atomic E-state index is 12.3. The van der Waals surface area contributed by atoms with Gasteiger partial charge in [-0.05, 0) is 18.2 Å². The monoisotopic (exact) mass is 280 g/mol. The largest absolute Gasteiger partial charge is 0.495 e. The van der Waals surface area contributed by atoms with Gasteiger partial charge in [0.05, 0.1) is 18.4 Å². The fourth-order valence-electron chi connectivity index (χ4n) is 1.92.